The predicted molar refractivity (Wildman–Crippen MR) is 97.2 cm³/mol. The highest BCUT2D eigenvalue weighted by Crippen LogP contribution is 2.22. The van der Waals surface area contributed by atoms with Gasteiger partial charge >= 0.3 is 0 Å². The summed E-state index contributed by atoms with van der Waals surface area (Å²) in [5, 5.41) is 6.59. The fourth-order valence-corrected chi connectivity index (χ4v) is 3.39. The lowest BCUT2D eigenvalue weighted by molar-refractivity contribution is 0.0818. The third kappa shape index (κ3) is 3.72. The Balaban J connectivity index is 1.41. The summed E-state index contributed by atoms with van der Waals surface area (Å²) < 4.78 is 5.42. The zero-order chi connectivity index (χ0) is 17.1. The summed E-state index contributed by atoms with van der Waals surface area (Å²) in [6.07, 6.45) is 7.25. The Bertz CT molecular complexity index is 712. The van der Waals surface area contributed by atoms with E-state index in [1.807, 2.05) is 18.5 Å². The molecule has 0 unspecified atom stereocenters. The number of nitrogens with one attached hydrogen (secondary N) is 2. The van der Waals surface area contributed by atoms with Gasteiger partial charge in [0.1, 0.15) is 5.82 Å². The largest absolute Gasteiger partial charge is 0.381 e. The molecule has 2 aliphatic rings. The minimum atomic E-state index is 0.382. The average Bonchev–Trinajstić information content (AvgIpc) is 2.69. The lowest BCUT2D eigenvalue weighted by atomic mass is 10.1. The number of fused-ring (bicyclic) bond motifs is 1. The number of nitrogens with zero attached hydrogens (tertiary/aromatic N) is 4. The first-order valence-electron chi connectivity index (χ1n) is 8.88. The van der Waals surface area contributed by atoms with E-state index in [0.29, 0.717) is 12.1 Å². The van der Waals surface area contributed by atoms with Crippen LogP contribution in [0, 0.1) is 0 Å². The van der Waals surface area contributed by atoms with Gasteiger partial charge in [0.05, 0.1) is 23.7 Å². The van der Waals surface area contributed by atoms with Gasteiger partial charge in [0.15, 0.2) is 0 Å². The second-order valence-corrected chi connectivity index (χ2v) is 6.54. The van der Waals surface area contributed by atoms with Crippen LogP contribution in [0.2, 0.25) is 0 Å². The lowest BCUT2D eigenvalue weighted by Crippen LogP contribution is -2.37. The molecule has 1 saturated heterocycles. The molecule has 4 heterocycles. The number of pyridine rings is 1. The third-order valence-electron chi connectivity index (χ3n) is 4.92. The van der Waals surface area contributed by atoms with Crippen molar-refractivity contribution in [1.29, 1.82) is 0 Å². The highest BCUT2D eigenvalue weighted by atomic mass is 16.5. The first-order chi connectivity index (χ1) is 12.3. The minimum Gasteiger partial charge on any atom is -0.381 e. The summed E-state index contributed by atoms with van der Waals surface area (Å²) in [5.74, 6) is 1.63. The first-order valence-corrected chi connectivity index (χ1v) is 8.88. The number of anilines is 3. The third-order valence-corrected chi connectivity index (χ3v) is 4.92. The monoisotopic (exact) mass is 340 g/mol. The van der Waals surface area contributed by atoms with Crippen LogP contribution in [-0.2, 0) is 17.7 Å². The molecule has 0 amide bonds. The van der Waals surface area contributed by atoms with Crippen LogP contribution in [0.3, 0.4) is 0 Å². The summed E-state index contributed by atoms with van der Waals surface area (Å²) in [6, 6.07) is 4.08. The molecule has 1 fully saturated rings. The first kappa shape index (κ1) is 16.2. The van der Waals surface area contributed by atoms with Crippen molar-refractivity contribution in [3.05, 3.63) is 35.8 Å². The van der Waals surface area contributed by atoms with Gasteiger partial charge in [-0.3, -0.25) is 0 Å². The molecule has 2 aromatic rings. The van der Waals surface area contributed by atoms with Crippen LogP contribution in [0.4, 0.5) is 17.5 Å². The van der Waals surface area contributed by atoms with E-state index in [9.17, 15) is 0 Å². The molecule has 2 aromatic heterocycles. The van der Waals surface area contributed by atoms with Crippen molar-refractivity contribution < 1.29 is 4.74 Å². The number of piperidine rings is 1. The van der Waals surface area contributed by atoms with Gasteiger partial charge < -0.3 is 20.3 Å². The molecule has 132 valence electrons. The van der Waals surface area contributed by atoms with Gasteiger partial charge in [0.25, 0.3) is 0 Å². The second kappa shape index (κ2) is 7.33. The molecular formula is C18H24N6O. The van der Waals surface area contributed by atoms with Crippen molar-refractivity contribution in [3.8, 4) is 0 Å². The summed E-state index contributed by atoms with van der Waals surface area (Å²) in [6.45, 7) is 3.77. The highest BCUT2D eigenvalue weighted by molar-refractivity contribution is 5.55. The van der Waals surface area contributed by atoms with Crippen molar-refractivity contribution in [3.63, 3.8) is 0 Å². The van der Waals surface area contributed by atoms with Crippen molar-refractivity contribution in [2.75, 3.05) is 37.0 Å². The molecule has 0 atom stereocenters. The van der Waals surface area contributed by atoms with Gasteiger partial charge in [-0.15, -0.1) is 0 Å². The Labute approximate surface area is 147 Å². The number of hydrogen-bond acceptors (Lipinski definition) is 7. The Morgan fingerprint density at radius 3 is 2.84 bits per heavy atom. The Morgan fingerprint density at radius 2 is 2.08 bits per heavy atom. The van der Waals surface area contributed by atoms with Crippen molar-refractivity contribution in [1.82, 2.24) is 20.3 Å². The second-order valence-electron chi connectivity index (χ2n) is 6.54. The number of aromatic nitrogens is 3. The van der Waals surface area contributed by atoms with E-state index in [-0.39, 0.29) is 0 Å². The van der Waals surface area contributed by atoms with Crippen LogP contribution in [-0.4, -0.2) is 47.8 Å². The molecule has 2 aliphatic heterocycles. The maximum atomic E-state index is 5.42. The SMILES string of the molecule is COC1CCN(c2ccc(Nc3ncc4c(n3)CNCC4)cn2)CC1. The molecule has 0 aliphatic carbocycles. The van der Waals surface area contributed by atoms with Gasteiger partial charge in [-0.1, -0.05) is 0 Å². The molecule has 7 heteroatoms. The van der Waals surface area contributed by atoms with E-state index in [4.69, 9.17) is 4.74 Å². The molecule has 0 saturated carbocycles. The zero-order valence-electron chi connectivity index (χ0n) is 14.5. The molecule has 0 radical (unpaired) electrons. The summed E-state index contributed by atoms with van der Waals surface area (Å²) in [5.41, 5.74) is 3.21. The van der Waals surface area contributed by atoms with Crippen LogP contribution >= 0.6 is 0 Å². The fraction of sp³-hybridized carbons (Fsp3) is 0.500. The molecule has 0 spiro atoms. The Kier molecular flexibility index (Phi) is 4.76. The quantitative estimate of drug-likeness (QED) is 0.880. The van der Waals surface area contributed by atoms with Crippen molar-refractivity contribution >= 4 is 17.5 Å². The Morgan fingerprint density at radius 1 is 1.20 bits per heavy atom. The predicted octanol–water partition coefficient (Wildman–Crippen LogP) is 1.88. The number of methoxy groups -OCH3 is 1. The van der Waals surface area contributed by atoms with E-state index < -0.39 is 0 Å². The molecule has 4 rings (SSSR count). The number of hydrogen-bond donors (Lipinski definition) is 2. The van der Waals surface area contributed by atoms with E-state index in [0.717, 1.165) is 62.6 Å². The summed E-state index contributed by atoms with van der Waals surface area (Å²) >= 11 is 0. The molecule has 0 aromatic carbocycles. The number of rotatable bonds is 4. The fourth-order valence-electron chi connectivity index (χ4n) is 3.39. The normalized spacial score (nSPS) is 18.0. The van der Waals surface area contributed by atoms with Gasteiger partial charge in [-0.2, -0.15) is 0 Å². The maximum absolute atomic E-state index is 5.42. The topological polar surface area (TPSA) is 75.2 Å². The minimum absolute atomic E-state index is 0.382. The molecule has 25 heavy (non-hydrogen) atoms. The van der Waals surface area contributed by atoms with Gasteiger partial charge in [-0.05, 0) is 43.5 Å². The molecule has 7 nitrogen and oxygen atoms in total. The van der Waals surface area contributed by atoms with E-state index in [1.54, 1.807) is 7.11 Å². The van der Waals surface area contributed by atoms with E-state index in [1.165, 1.54) is 5.56 Å². The van der Waals surface area contributed by atoms with E-state index >= 15 is 0 Å². The van der Waals surface area contributed by atoms with Gasteiger partial charge in [0.2, 0.25) is 5.95 Å². The van der Waals surface area contributed by atoms with Crippen LogP contribution < -0.4 is 15.5 Å². The average molecular weight is 340 g/mol. The van der Waals surface area contributed by atoms with E-state index in [2.05, 4.69) is 36.6 Å². The summed E-state index contributed by atoms with van der Waals surface area (Å²) in [7, 11) is 1.79. The standard InChI is InChI=1S/C18H24N6O/c1-25-15-5-8-24(9-6-15)17-3-2-14(11-20-17)22-18-21-10-13-4-7-19-12-16(13)23-18/h2-3,10-11,15,19H,4-9,12H2,1H3,(H,21,22,23). The number of ether oxygens (including phenoxy) is 1. The maximum Gasteiger partial charge on any atom is 0.227 e. The van der Waals surface area contributed by atoms with Crippen LogP contribution in [0.15, 0.2) is 24.5 Å². The molecule has 0 bridgehead atoms. The molecular weight excluding hydrogens is 316 g/mol. The highest BCUT2D eigenvalue weighted by Gasteiger charge is 2.19. The van der Waals surface area contributed by atoms with Crippen LogP contribution in [0.1, 0.15) is 24.1 Å². The van der Waals surface area contributed by atoms with Gasteiger partial charge in [-0.25, -0.2) is 15.0 Å². The van der Waals surface area contributed by atoms with Crippen molar-refractivity contribution in [2.24, 2.45) is 0 Å². The van der Waals surface area contributed by atoms with Crippen molar-refractivity contribution in [2.45, 2.75) is 31.9 Å². The zero-order valence-corrected chi connectivity index (χ0v) is 14.5. The Hall–Kier alpha value is -2.25. The lowest BCUT2D eigenvalue weighted by Gasteiger charge is -2.32. The van der Waals surface area contributed by atoms with Crippen LogP contribution in [0.5, 0.6) is 0 Å². The van der Waals surface area contributed by atoms with Gasteiger partial charge in [0, 0.05) is 32.9 Å². The smallest absolute Gasteiger partial charge is 0.227 e. The summed E-state index contributed by atoms with van der Waals surface area (Å²) in [4.78, 5) is 15.9. The molecule has 2 N–H and O–H groups in total. The van der Waals surface area contributed by atoms with Crippen LogP contribution in [0.25, 0.3) is 0 Å².